The Morgan fingerprint density at radius 2 is 2.33 bits per heavy atom. The van der Waals surface area contributed by atoms with Crippen molar-refractivity contribution in [2.24, 2.45) is 0 Å². The molecule has 1 aromatic rings. The highest BCUT2D eigenvalue weighted by Crippen LogP contribution is 2.24. The van der Waals surface area contributed by atoms with Crippen LogP contribution in [0.1, 0.15) is 13.3 Å². The molecule has 0 saturated heterocycles. The van der Waals surface area contributed by atoms with E-state index < -0.39 is 12.1 Å². The molecular formula is C10H10ClIO3. The Bertz CT molecular complexity index is 368. The zero-order chi connectivity index (χ0) is 11.4. The van der Waals surface area contributed by atoms with Crippen LogP contribution in [-0.4, -0.2) is 17.2 Å². The number of benzene rings is 1. The number of halogens is 2. The van der Waals surface area contributed by atoms with E-state index in [0.29, 0.717) is 17.2 Å². The maximum atomic E-state index is 10.7. The van der Waals surface area contributed by atoms with E-state index in [9.17, 15) is 4.79 Å². The molecule has 1 aromatic carbocycles. The van der Waals surface area contributed by atoms with Crippen LogP contribution in [0, 0.1) is 3.57 Å². The topological polar surface area (TPSA) is 46.5 Å². The van der Waals surface area contributed by atoms with Gasteiger partial charge in [-0.1, -0.05) is 18.5 Å². The summed E-state index contributed by atoms with van der Waals surface area (Å²) >= 11 is 7.98. The van der Waals surface area contributed by atoms with E-state index in [1.54, 1.807) is 25.1 Å². The van der Waals surface area contributed by atoms with Gasteiger partial charge in [0.2, 0.25) is 0 Å². The number of aliphatic carboxylic acids is 1. The number of rotatable bonds is 4. The van der Waals surface area contributed by atoms with Gasteiger partial charge < -0.3 is 9.84 Å². The normalized spacial score (nSPS) is 12.2. The van der Waals surface area contributed by atoms with Crippen LogP contribution in [-0.2, 0) is 4.79 Å². The molecular weight excluding hydrogens is 330 g/mol. The van der Waals surface area contributed by atoms with Crippen molar-refractivity contribution in [3.63, 3.8) is 0 Å². The Hall–Kier alpha value is -0.490. The van der Waals surface area contributed by atoms with Gasteiger partial charge in [0.05, 0.1) is 5.02 Å². The molecule has 3 nitrogen and oxygen atoms in total. The largest absolute Gasteiger partial charge is 0.479 e. The van der Waals surface area contributed by atoms with Crippen molar-refractivity contribution >= 4 is 40.2 Å². The molecule has 5 heteroatoms. The van der Waals surface area contributed by atoms with Crippen molar-refractivity contribution in [3.05, 3.63) is 26.8 Å². The summed E-state index contributed by atoms with van der Waals surface area (Å²) in [5.74, 6) is -0.484. The molecule has 15 heavy (non-hydrogen) atoms. The second-order valence-electron chi connectivity index (χ2n) is 2.93. The van der Waals surface area contributed by atoms with E-state index in [1.807, 2.05) is 0 Å². The standard InChI is InChI=1S/C10H10ClIO3/c1-2-9(10(13)14)15-6-3-4-8(12)7(11)5-6/h3-5,9H,2H2,1H3,(H,13,14). The fourth-order valence-electron chi connectivity index (χ4n) is 1.02. The maximum Gasteiger partial charge on any atom is 0.344 e. The first-order chi connectivity index (χ1) is 7.04. The third kappa shape index (κ3) is 3.53. The van der Waals surface area contributed by atoms with Gasteiger partial charge in [-0.15, -0.1) is 0 Å². The Kier molecular flexibility index (Phi) is 4.66. The molecule has 0 bridgehead atoms. The smallest absolute Gasteiger partial charge is 0.344 e. The molecule has 0 aliphatic carbocycles. The number of carboxylic acid groups (broad SMARTS) is 1. The van der Waals surface area contributed by atoms with Gasteiger partial charge in [-0.25, -0.2) is 4.79 Å². The third-order valence-corrected chi connectivity index (χ3v) is 3.39. The van der Waals surface area contributed by atoms with Gasteiger partial charge in [-0.2, -0.15) is 0 Å². The van der Waals surface area contributed by atoms with E-state index in [1.165, 1.54) is 0 Å². The minimum Gasteiger partial charge on any atom is -0.479 e. The van der Waals surface area contributed by atoms with E-state index in [-0.39, 0.29) is 0 Å². The molecule has 1 N–H and O–H groups in total. The zero-order valence-electron chi connectivity index (χ0n) is 8.04. The molecule has 0 aromatic heterocycles. The van der Waals surface area contributed by atoms with Crippen LogP contribution in [0.5, 0.6) is 5.75 Å². The number of hydrogen-bond acceptors (Lipinski definition) is 2. The molecule has 1 unspecified atom stereocenters. The van der Waals surface area contributed by atoms with Crippen molar-refractivity contribution in [1.29, 1.82) is 0 Å². The van der Waals surface area contributed by atoms with Crippen LogP contribution in [0.25, 0.3) is 0 Å². The van der Waals surface area contributed by atoms with E-state index in [4.69, 9.17) is 21.4 Å². The van der Waals surface area contributed by atoms with Crippen LogP contribution >= 0.6 is 34.2 Å². The lowest BCUT2D eigenvalue weighted by Crippen LogP contribution is -2.25. The van der Waals surface area contributed by atoms with Gasteiger partial charge in [0.25, 0.3) is 0 Å². The second-order valence-corrected chi connectivity index (χ2v) is 4.50. The number of carbonyl (C=O) groups is 1. The first-order valence-electron chi connectivity index (χ1n) is 4.39. The van der Waals surface area contributed by atoms with Gasteiger partial charge in [0.1, 0.15) is 5.75 Å². The number of carboxylic acids is 1. The Balaban J connectivity index is 2.80. The fraction of sp³-hybridized carbons (Fsp3) is 0.300. The average Bonchev–Trinajstić information content (AvgIpc) is 2.19. The fourth-order valence-corrected chi connectivity index (χ4v) is 1.53. The molecule has 0 amide bonds. The Morgan fingerprint density at radius 1 is 1.67 bits per heavy atom. The van der Waals surface area contributed by atoms with Crippen LogP contribution < -0.4 is 4.74 Å². The Labute approximate surface area is 107 Å². The minimum atomic E-state index is -0.966. The highest BCUT2D eigenvalue weighted by Gasteiger charge is 2.16. The average molecular weight is 341 g/mol. The molecule has 0 fully saturated rings. The molecule has 1 rings (SSSR count). The summed E-state index contributed by atoms with van der Waals surface area (Å²) in [6.07, 6.45) is -0.403. The highest BCUT2D eigenvalue weighted by molar-refractivity contribution is 14.1. The van der Waals surface area contributed by atoms with Crippen molar-refractivity contribution in [1.82, 2.24) is 0 Å². The first kappa shape index (κ1) is 12.6. The molecule has 0 radical (unpaired) electrons. The summed E-state index contributed by atoms with van der Waals surface area (Å²) in [5.41, 5.74) is 0. The van der Waals surface area contributed by atoms with Crippen molar-refractivity contribution in [3.8, 4) is 5.75 Å². The predicted octanol–water partition coefficient (Wildman–Crippen LogP) is 3.19. The second kappa shape index (κ2) is 5.55. The molecule has 82 valence electrons. The van der Waals surface area contributed by atoms with E-state index in [0.717, 1.165) is 3.57 Å². The summed E-state index contributed by atoms with van der Waals surface area (Å²) in [4.78, 5) is 10.7. The van der Waals surface area contributed by atoms with Crippen LogP contribution in [0.15, 0.2) is 18.2 Å². The predicted molar refractivity (Wildman–Crippen MR) is 66.5 cm³/mol. The third-order valence-electron chi connectivity index (χ3n) is 1.82. The lowest BCUT2D eigenvalue weighted by Gasteiger charge is -2.13. The summed E-state index contributed by atoms with van der Waals surface area (Å²) in [6, 6.07) is 5.11. The maximum absolute atomic E-state index is 10.7. The van der Waals surface area contributed by atoms with Crippen molar-refractivity contribution in [2.45, 2.75) is 19.4 Å². The molecule has 0 heterocycles. The molecule has 0 saturated carbocycles. The minimum absolute atomic E-state index is 0.416. The number of hydrogen-bond donors (Lipinski definition) is 1. The quantitative estimate of drug-likeness (QED) is 0.856. The van der Waals surface area contributed by atoms with Gasteiger partial charge in [0, 0.05) is 3.57 Å². The lowest BCUT2D eigenvalue weighted by molar-refractivity contribution is -0.145. The summed E-state index contributed by atoms with van der Waals surface area (Å²) < 4.78 is 6.18. The highest BCUT2D eigenvalue weighted by atomic mass is 127. The zero-order valence-corrected chi connectivity index (χ0v) is 10.9. The monoisotopic (exact) mass is 340 g/mol. The van der Waals surface area contributed by atoms with Gasteiger partial charge in [-0.05, 0) is 47.2 Å². The van der Waals surface area contributed by atoms with Gasteiger partial charge >= 0.3 is 5.97 Å². The van der Waals surface area contributed by atoms with Crippen LogP contribution in [0.4, 0.5) is 0 Å². The van der Waals surface area contributed by atoms with Crippen LogP contribution in [0.2, 0.25) is 5.02 Å². The molecule has 0 aliphatic rings. The SMILES string of the molecule is CCC(Oc1ccc(I)c(Cl)c1)C(=O)O. The van der Waals surface area contributed by atoms with Crippen molar-refractivity contribution in [2.75, 3.05) is 0 Å². The van der Waals surface area contributed by atoms with Crippen LogP contribution in [0.3, 0.4) is 0 Å². The summed E-state index contributed by atoms with van der Waals surface area (Å²) in [6.45, 7) is 1.76. The van der Waals surface area contributed by atoms with Gasteiger partial charge in [-0.3, -0.25) is 0 Å². The lowest BCUT2D eigenvalue weighted by atomic mass is 10.2. The summed E-state index contributed by atoms with van der Waals surface area (Å²) in [7, 11) is 0. The molecule has 0 aliphatic heterocycles. The van der Waals surface area contributed by atoms with E-state index in [2.05, 4.69) is 22.6 Å². The van der Waals surface area contributed by atoms with E-state index >= 15 is 0 Å². The number of ether oxygens (including phenoxy) is 1. The molecule has 0 spiro atoms. The van der Waals surface area contributed by atoms with Crippen molar-refractivity contribution < 1.29 is 14.6 Å². The Morgan fingerprint density at radius 3 is 2.80 bits per heavy atom. The van der Waals surface area contributed by atoms with Gasteiger partial charge in [0.15, 0.2) is 6.10 Å². The first-order valence-corrected chi connectivity index (χ1v) is 5.84. The molecule has 1 atom stereocenters. The summed E-state index contributed by atoms with van der Waals surface area (Å²) in [5, 5.41) is 9.36.